The lowest BCUT2D eigenvalue weighted by Gasteiger charge is -2.19. The molecule has 1 aromatic carbocycles. The molecular weight excluding hydrogens is 276 g/mol. The van der Waals surface area contributed by atoms with Crippen LogP contribution in [0.2, 0.25) is 0 Å². The minimum Gasteiger partial charge on any atom is -0.494 e. The summed E-state index contributed by atoms with van der Waals surface area (Å²) >= 11 is 3.88. The van der Waals surface area contributed by atoms with Crippen molar-refractivity contribution in [3.63, 3.8) is 0 Å². The smallest absolute Gasteiger partial charge is 0.119 e. The van der Waals surface area contributed by atoms with Gasteiger partial charge in [-0.25, -0.2) is 0 Å². The number of fused-ring (bicyclic) bond motifs is 1. The van der Waals surface area contributed by atoms with Crippen LogP contribution in [0.4, 0.5) is 0 Å². The Morgan fingerprint density at radius 3 is 2.41 bits per heavy atom. The van der Waals surface area contributed by atoms with E-state index < -0.39 is 0 Å². The largest absolute Gasteiger partial charge is 0.494 e. The molecule has 1 nitrogen and oxygen atoms in total. The molecule has 0 heterocycles. The van der Waals surface area contributed by atoms with E-state index in [1.165, 1.54) is 24.8 Å². The number of rotatable bonds is 4. The van der Waals surface area contributed by atoms with E-state index in [1.54, 1.807) is 0 Å². The van der Waals surface area contributed by atoms with E-state index in [0.29, 0.717) is 4.83 Å². The fourth-order valence-corrected chi connectivity index (χ4v) is 3.92. The minimum absolute atomic E-state index is 0.533. The van der Waals surface area contributed by atoms with E-state index in [0.717, 1.165) is 30.1 Å². The molecule has 3 unspecified atom stereocenters. The first kappa shape index (κ1) is 11.6. The molecule has 2 aliphatic carbocycles. The molecule has 1 aromatic rings. The number of alkyl halides is 1. The quantitative estimate of drug-likeness (QED) is 0.739. The third-order valence-electron chi connectivity index (χ3n) is 4.20. The second kappa shape index (κ2) is 4.64. The van der Waals surface area contributed by atoms with E-state index in [1.807, 2.05) is 6.92 Å². The fourth-order valence-electron chi connectivity index (χ4n) is 3.19. The lowest BCUT2D eigenvalue weighted by molar-refractivity contribution is 0.340. The monoisotopic (exact) mass is 294 g/mol. The molecule has 3 atom stereocenters. The van der Waals surface area contributed by atoms with Crippen LogP contribution in [0.3, 0.4) is 0 Å². The number of benzene rings is 1. The van der Waals surface area contributed by atoms with Crippen molar-refractivity contribution >= 4 is 15.9 Å². The fraction of sp³-hybridized carbons (Fsp3) is 0.600. The topological polar surface area (TPSA) is 9.23 Å². The zero-order valence-electron chi connectivity index (χ0n) is 10.2. The molecule has 2 saturated carbocycles. The summed E-state index contributed by atoms with van der Waals surface area (Å²) in [5, 5.41) is 0. The van der Waals surface area contributed by atoms with Gasteiger partial charge in [0.25, 0.3) is 0 Å². The van der Waals surface area contributed by atoms with Gasteiger partial charge in [0.1, 0.15) is 5.75 Å². The molecule has 0 aliphatic heterocycles. The standard InChI is InChI=1S/C15H19BrO/c1-2-17-14-5-3-10(4-6-14)15(16)13-8-11-7-12(11)9-13/h3-6,11-13,15H,2,7-9H2,1H3. The number of ether oxygens (including phenoxy) is 1. The van der Waals surface area contributed by atoms with Gasteiger partial charge in [-0.1, -0.05) is 28.1 Å². The van der Waals surface area contributed by atoms with Gasteiger partial charge >= 0.3 is 0 Å². The molecule has 17 heavy (non-hydrogen) atoms. The van der Waals surface area contributed by atoms with E-state index in [-0.39, 0.29) is 0 Å². The van der Waals surface area contributed by atoms with Gasteiger partial charge in [0.15, 0.2) is 0 Å². The van der Waals surface area contributed by atoms with Crippen LogP contribution in [0.1, 0.15) is 36.6 Å². The zero-order chi connectivity index (χ0) is 11.8. The minimum atomic E-state index is 0.533. The maximum Gasteiger partial charge on any atom is 0.119 e. The van der Waals surface area contributed by atoms with Gasteiger partial charge in [-0.15, -0.1) is 0 Å². The first-order valence-corrected chi connectivity index (χ1v) is 7.56. The van der Waals surface area contributed by atoms with Gasteiger partial charge in [-0.05, 0) is 61.6 Å². The molecule has 2 fully saturated rings. The molecule has 2 aliphatic rings. The Morgan fingerprint density at radius 2 is 1.82 bits per heavy atom. The van der Waals surface area contributed by atoms with Crippen LogP contribution in [0.15, 0.2) is 24.3 Å². The van der Waals surface area contributed by atoms with Gasteiger partial charge in [-0.2, -0.15) is 0 Å². The lowest BCUT2D eigenvalue weighted by Crippen LogP contribution is -2.05. The predicted molar refractivity (Wildman–Crippen MR) is 73.6 cm³/mol. The van der Waals surface area contributed by atoms with Crippen LogP contribution < -0.4 is 4.74 Å². The Kier molecular flexibility index (Phi) is 3.16. The number of hydrogen-bond acceptors (Lipinski definition) is 1. The first-order valence-electron chi connectivity index (χ1n) is 6.64. The van der Waals surface area contributed by atoms with Crippen molar-refractivity contribution in [2.75, 3.05) is 6.61 Å². The zero-order valence-corrected chi connectivity index (χ0v) is 11.8. The highest BCUT2D eigenvalue weighted by Crippen LogP contribution is 2.58. The van der Waals surface area contributed by atoms with Gasteiger partial charge in [0.05, 0.1) is 6.61 Å². The maximum atomic E-state index is 5.47. The van der Waals surface area contributed by atoms with E-state index >= 15 is 0 Å². The van der Waals surface area contributed by atoms with Crippen molar-refractivity contribution in [1.82, 2.24) is 0 Å². The molecule has 0 bridgehead atoms. The summed E-state index contributed by atoms with van der Waals surface area (Å²) in [6.07, 6.45) is 4.35. The van der Waals surface area contributed by atoms with Crippen LogP contribution in [0, 0.1) is 17.8 Å². The Balaban J connectivity index is 1.66. The molecular formula is C15H19BrO. The van der Waals surface area contributed by atoms with Crippen LogP contribution >= 0.6 is 15.9 Å². The van der Waals surface area contributed by atoms with Gasteiger partial charge < -0.3 is 4.74 Å². The second-order valence-electron chi connectivity index (χ2n) is 5.39. The van der Waals surface area contributed by atoms with Crippen LogP contribution in [0.25, 0.3) is 0 Å². The Labute approximate surface area is 112 Å². The lowest BCUT2D eigenvalue weighted by atomic mass is 9.94. The van der Waals surface area contributed by atoms with Crippen LogP contribution in [0.5, 0.6) is 5.75 Å². The van der Waals surface area contributed by atoms with Crippen LogP contribution in [-0.4, -0.2) is 6.61 Å². The highest BCUT2D eigenvalue weighted by atomic mass is 79.9. The molecule has 0 aromatic heterocycles. The summed E-state index contributed by atoms with van der Waals surface area (Å²) in [5.74, 6) is 3.94. The number of halogens is 1. The van der Waals surface area contributed by atoms with Crippen molar-refractivity contribution in [2.45, 2.75) is 31.0 Å². The van der Waals surface area contributed by atoms with E-state index in [9.17, 15) is 0 Å². The SMILES string of the molecule is CCOc1ccc(C(Br)C2CC3CC3C2)cc1. The van der Waals surface area contributed by atoms with Crippen molar-refractivity contribution < 1.29 is 4.74 Å². The molecule has 0 N–H and O–H groups in total. The maximum absolute atomic E-state index is 5.47. The molecule has 3 rings (SSSR count). The summed E-state index contributed by atoms with van der Waals surface area (Å²) < 4.78 is 5.47. The molecule has 2 heteroatoms. The summed E-state index contributed by atoms with van der Waals surface area (Å²) in [6.45, 7) is 2.76. The normalized spacial score (nSPS) is 32.0. The average Bonchev–Trinajstić information content (AvgIpc) is 2.97. The molecule has 92 valence electrons. The van der Waals surface area contributed by atoms with Gasteiger partial charge in [0.2, 0.25) is 0 Å². The highest BCUT2D eigenvalue weighted by Gasteiger charge is 2.47. The van der Waals surface area contributed by atoms with Crippen LogP contribution in [-0.2, 0) is 0 Å². The molecule has 0 spiro atoms. The van der Waals surface area contributed by atoms with Gasteiger partial charge in [0, 0.05) is 4.83 Å². The first-order chi connectivity index (χ1) is 8.28. The highest BCUT2D eigenvalue weighted by molar-refractivity contribution is 9.09. The Morgan fingerprint density at radius 1 is 1.18 bits per heavy atom. The Bertz CT molecular complexity index is 376. The average molecular weight is 295 g/mol. The summed E-state index contributed by atoms with van der Waals surface area (Å²) in [7, 11) is 0. The third-order valence-corrected chi connectivity index (χ3v) is 5.48. The third kappa shape index (κ3) is 2.37. The van der Waals surface area contributed by atoms with Crippen molar-refractivity contribution in [2.24, 2.45) is 17.8 Å². The molecule has 0 saturated heterocycles. The molecule has 0 radical (unpaired) electrons. The van der Waals surface area contributed by atoms with Crippen molar-refractivity contribution in [3.05, 3.63) is 29.8 Å². The van der Waals surface area contributed by atoms with Crippen molar-refractivity contribution in [3.8, 4) is 5.75 Å². The van der Waals surface area contributed by atoms with Crippen molar-refractivity contribution in [1.29, 1.82) is 0 Å². The summed E-state index contributed by atoms with van der Waals surface area (Å²) in [6, 6.07) is 8.58. The summed E-state index contributed by atoms with van der Waals surface area (Å²) in [5.41, 5.74) is 1.40. The van der Waals surface area contributed by atoms with Gasteiger partial charge in [-0.3, -0.25) is 0 Å². The number of hydrogen-bond donors (Lipinski definition) is 0. The second-order valence-corrected chi connectivity index (χ2v) is 6.38. The predicted octanol–water partition coefficient (Wildman–Crippen LogP) is 4.57. The molecule has 0 amide bonds. The van der Waals surface area contributed by atoms with E-state index in [4.69, 9.17) is 4.74 Å². The Hall–Kier alpha value is -0.500. The van der Waals surface area contributed by atoms with E-state index in [2.05, 4.69) is 40.2 Å². The summed E-state index contributed by atoms with van der Waals surface area (Å²) in [4.78, 5) is 0.533.